The van der Waals surface area contributed by atoms with Gasteiger partial charge in [-0.1, -0.05) is 12.1 Å². The van der Waals surface area contributed by atoms with Crippen LogP contribution >= 0.6 is 11.3 Å². The Labute approximate surface area is 124 Å². The molecular weight excluding hydrogens is 290 g/mol. The van der Waals surface area contributed by atoms with E-state index in [4.69, 9.17) is 0 Å². The van der Waals surface area contributed by atoms with Gasteiger partial charge in [0.05, 0.1) is 10.6 Å². The van der Waals surface area contributed by atoms with Crippen molar-refractivity contribution in [3.63, 3.8) is 0 Å². The van der Waals surface area contributed by atoms with Crippen molar-refractivity contribution in [2.45, 2.75) is 31.7 Å². The van der Waals surface area contributed by atoms with Crippen molar-refractivity contribution in [1.29, 1.82) is 0 Å². The van der Waals surface area contributed by atoms with Gasteiger partial charge in [-0.25, -0.2) is 8.42 Å². The summed E-state index contributed by atoms with van der Waals surface area (Å²) in [5.74, 6) is 0. The van der Waals surface area contributed by atoms with Crippen LogP contribution in [0.5, 0.6) is 0 Å². The summed E-state index contributed by atoms with van der Waals surface area (Å²) in [5, 5.41) is 3.31. The van der Waals surface area contributed by atoms with Gasteiger partial charge in [0.2, 0.25) is 0 Å². The van der Waals surface area contributed by atoms with Gasteiger partial charge in [-0.05, 0) is 44.5 Å². The average molecular weight is 309 g/mol. The van der Waals surface area contributed by atoms with Crippen molar-refractivity contribution in [2.75, 3.05) is 11.6 Å². The quantitative estimate of drug-likeness (QED) is 0.930. The Morgan fingerprint density at radius 3 is 2.40 bits per heavy atom. The lowest BCUT2D eigenvalue weighted by molar-refractivity contribution is 0.602. The molecule has 0 aliphatic carbocycles. The normalized spacial score (nSPS) is 13.2. The number of hydrogen-bond donors (Lipinski definition) is 1. The van der Waals surface area contributed by atoms with Crippen LogP contribution in [0.25, 0.3) is 0 Å². The van der Waals surface area contributed by atoms with Crippen LogP contribution in [0, 0.1) is 13.8 Å². The number of anilines is 1. The van der Waals surface area contributed by atoms with Crippen LogP contribution in [0.1, 0.15) is 28.3 Å². The maximum absolute atomic E-state index is 11.8. The summed E-state index contributed by atoms with van der Waals surface area (Å²) in [4.78, 5) is 2.87. The highest BCUT2D eigenvalue weighted by molar-refractivity contribution is 7.90. The second-order valence-electron chi connectivity index (χ2n) is 5.00. The first-order valence-corrected chi connectivity index (χ1v) is 9.12. The molecule has 1 atom stereocenters. The maximum atomic E-state index is 11.8. The summed E-state index contributed by atoms with van der Waals surface area (Å²) in [7, 11) is -3.23. The predicted molar refractivity (Wildman–Crippen MR) is 85.4 cm³/mol. The molecule has 108 valence electrons. The molecule has 0 aliphatic rings. The van der Waals surface area contributed by atoms with Crippen molar-refractivity contribution >= 4 is 26.9 Å². The lowest BCUT2D eigenvalue weighted by Gasteiger charge is -2.17. The minimum atomic E-state index is -3.23. The van der Waals surface area contributed by atoms with Crippen molar-refractivity contribution in [1.82, 2.24) is 0 Å². The van der Waals surface area contributed by atoms with E-state index in [1.54, 1.807) is 29.5 Å². The third-order valence-electron chi connectivity index (χ3n) is 3.20. The van der Waals surface area contributed by atoms with Gasteiger partial charge in [0.1, 0.15) is 0 Å². The van der Waals surface area contributed by atoms with Crippen molar-refractivity contribution in [3.05, 3.63) is 45.6 Å². The highest BCUT2D eigenvalue weighted by atomic mass is 32.2. The molecule has 1 N–H and O–H groups in total. The van der Waals surface area contributed by atoms with Gasteiger partial charge in [-0.15, -0.1) is 11.3 Å². The van der Waals surface area contributed by atoms with E-state index < -0.39 is 9.84 Å². The van der Waals surface area contributed by atoms with E-state index in [0.29, 0.717) is 10.6 Å². The van der Waals surface area contributed by atoms with Crippen LogP contribution in [0.3, 0.4) is 0 Å². The van der Waals surface area contributed by atoms with Crippen molar-refractivity contribution < 1.29 is 8.42 Å². The summed E-state index contributed by atoms with van der Waals surface area (Å²) < 4.78 is 23.6. The smallest absolute Gasteiger partial charge is 0.177 e. The van der Waals surface area contributed by atoms with E-state index in [0.717, 1.165) is 0 Å². The molecule has 0 radical (unpaired) electrons. The first-order valence-electron chi connectivity index (χ1n) is 6.41. The molecule has 0 saturated carbocycles. The lowest BCUT2D eigenvalue weighted by atomic mass is 10.1. The van der Waals surface area contributed by atoms with Gasteiger partial charge in [0.15, 0.2) is 9.84 Å². The van der Waals surface area contributed by atoms with Crippen molar-refractivity contribution in [3.8, 4) is 0 Å². The summed E-state index contributed by atoms with van der Waals surface area (Å²) >= 11 is 1.76. The molecule has 5 heteroatoms. The van der Waals surface area contributed by atoms with Gasteiger partial charge in [-0.2, -0.15) is 0 Å². The summed E-state index contributed by atoms with van der Waals surface area (Å²) in [6, 6.07) is 9.25. The average Bonchev–Trinajstić information content (AvgIpc) is 2.68. The van der Waals surface area contributed by atoms with Crippen LogP contribution in [0.2, 0.25) is 0 Å². The molecule has 20 heavy (non-hydrogen) atoms. The first-order chi connectivity index (χ1) is 9.29. The molecule has 1 heterocycles. The van der Waals surface area contributed by atoms with Gasteiger partial charge >= 0.3 is 0 Å². The second-order valence-corrected chi connectivity index (χ2v) is 8.45. The third kappa shape index (κ3) is 3.22. The van der Waals surface area contributed by atoms with Gasteiger partial charge < -0.3 is 5.32 Å². The van der Waals surface area contributed by atoms with E-state index >= 15 is 0 Å². The number of thiophene rings is 1. The SMILES string of the molecule is Cc1cc(C(C)Nc2ccccc2S(C)(=O)=O)c(C)s1. The zero-order valence-corrected chi connectivity index (χ0v) is 13.7. The first kappa shape index (κ1) is 15.1. The standard InChI is InChI=1S/C15H19NO2S2/c1-10-9-13(12(3)19-10)11(2)16-14-7-5-6-8-15(14)20(4,17)18/h5-9,11,16H,1-4H3. The Balaban J connectivity index is 2.34. The number of benzene rings is 1. The molecule has 3 nitrogen and oxygen atoms in total. The Bertz CT molecular complexity index is 717. The maximum Gasteiger partial charge on any atom is 0.177 e. The number of para-hydroxylation sites is 1. The third-order valence-corrected chi connectivity index (χ3v) is 5.34. The lowest BCUT2D eigenvalue weighted by Crippen LogP contribution is -2.10. The van der Waals surface area contributed by atoms with Gasteiger partial charge in [0, 0.05) is 22.1 Å². The van der Waals surface area contributed by atoms with Crippen LogP contribution in [0.4, 0.5) is 5.69 Å². The predicted octanol–water partition coefficient (Wildman–Crippen LogP) is 3.94. The number of sulfone groups is 1. The molecule has 0 aliphatic heterocycles. The summed E-state index contributed by atoms with van der Waals surface area (Å²) in [6.45, 7) is 6.22. The fourth-order valence-electron chi connectivity index (χ4n) is 2.30. The second kappa shape index (κ2) is 5.58. The largest absolute Gasteiger partial charge is 0.377 e. The van der Waals surface area contributed by atoms with E-state index in [1.807, 2.05) is 13.0 Å². The van der Waals surface area contributed by atoms with E-state index in [2.05, 4.69) is 25.2 Å². The van der Waals surface area contributed by atoms with Crippen LogP contribution in [0.15, 0.2) is 35.2 Å². The highest BCUT2D eigenvalue weighted by Gasteiger charge is 2.16. The minimum absolute atomic E-state index is 0.0721. The molecule has 2 aromatic rings. The minimum Gasteiger partial charge on any atom is -0.377 e. The molecule has 0 fully saturated rings. The highest BCUT2D eigenvalue weighted by Crippen LogP contribution is 2.30. The van der Waals surface area contributed by atoms with E-state index in [1.165, 1.54) is 21.6 Å². The van der Waals surface area contributed by atoms with Crippen LogP contribution in [-0.4, -0.2) is 14.7 Å². The Morgan fingerprint density at radius 1 is 1.20 bits per heavy atom. The molecule has 2 rings (SSSR count). The number of hydrogen-bond acceptors (Lipinski definition) is 4. The molecule has 1 unspecified atom stereocenters. The van der Waals surface area contributed by atoms with Crippen LogP contribution in [-0.2, 0) is 9.84 Å². The topological polar surface area (TPSA) is 46.2 Å². The molecule has 0 saturated heterocycles. The van der Waals surface area contributed by atoms with Gasteiger partial charge in [0.25, 0.3) is 0 Å². The monoisotopic (exact) mass is 309 g/mol. The molecule has 1 aromatic carbocycles. The number of rotatable bonds is 4. The zero-order valence-electron chi connectivity index (χ0n) is 12.1. The summed E-state index contributed by atoms with van der Waals surface area (Å²) in [5.41, 5.74) is 1.88. The molecule has 0 spiro atoms. The molecular formula is C15H19NO2S2. The van der Waals surface area contributed by atoms with E-state index in [9.17, 15) is 8.42 Å². The fraction of sp³-hybridized carbons (Fsp3) is 0.333. The Hall–Kier alpha value is -1.33. The summed E-state index contributed by atoms with van der Waals surface area (Å²) in [6.07, 6.45) is 1.23. The number of aryl methyl sites for hydroxylation is 2. The van der Waals surface area contributed by atoms with Gasteiger partial charge in [-0.3, -0.25) is 0 Å². The molecule has 0 amide bonds. The van der Waals surface area contributed by atoms with E-state index in [-0.39, 0.29) is 6.04 Å². The van der Waals surface area contributed by atoms with Crippen LogP contribution < -0.4 is 5.32 Å². The fourth-order valence-corrected chi connectivity index (χ4v) is 4.18. The molecule has 1 aromatic heterocycles. The zero-order chi connectivity index (χ0) is 14.9. The Morgan fingerprint density at radius 2 is 1.85 bits per heavy atom. The molecule has 0 bridgehead atoms. The number of nitrogens with one attached hydrogen (secondary N) is 1. The van der Waals surface area contributed by atoms with Crippen molar-refractivity contribution in [2.24, 2.45) is 0 Å². The Kier molecular flexibility index (Phi) is 4.20.